The summed E-state index contributed by atoms with van der Waals surface area (Å²) in [6.45, 7) is -0.0335. The highest BCUT2D eigenvalue weighted by Crippen LogP contribution is 2.28. The zero-order valence-corrected chi connectivity index (χ0v) is 15.8. The lowest BCUT2D eigenvalue weighted by Crippen LogP contribution is -2.36. The number of alkyl halides is 3. The average molecular weight is 431 g/mol. The fourth-order valence-electron chi connectivity index (χ4n) is 2.86. The fraction of sp³-hybridized carbons (Fsp3) is 0.0909. The molecule has 0 saturated heterocycles. The van der Waals surface area contributed by atoms with E-state index in [0.29, 0.717) is 22.4 Å². The van der Waals surface area contributed by atoms with Crippen molar-refractivity contribution in [1.82, 2.24) is 0 Å². The molecule has 3 aromatic carbocycles. The van der Waals surface area contributed by atoms with Crippen molar-refractivity contribution in [2.45, 2.75) is 12.9 Å². The van der Waals surface area contributed by atoms with Crippen LogP contribution >= 0.6 is 0 Å². The summed E-state index contributed by atoms with van der Waals surface area (Å²) < 4.78 is 40.7. The predicted molar refractivity (Wildman–Crippen MR) is 105 cm³/mol. The summed E-state index contributed by atoms with van der Waals surface area (Å²) in [7, 11) is 0. The number of ether oxygens (including phenoxy) is 1. The Kier molecular flexibility index (Phi) is 6.15. The van der Waals surface area contributed by atoms with Gasteiger partial charge in [-0.25, -0.2) is 4.79 Å². The molecule has 0 radical (unpaired) electrons. The van der Waals surface area contributed by atoms with Gasteiger partial charge in [-0.1, -0.05) is 36.4 Å². The zero-order valence-electron chi connectivity index (χ0n) is 15.8. The first-order valence-corrected chi connectivity index (χ1v) is 8.91. The van der Waals surface area contributed by atoms with Crippen LogP contribution in [0.15, 0.2) is 72.8 Å². The van der Waals surface area contributed by atoms with Crippen LogP contribution < -0.4 is 9.64 Å². The number of rotatable bonds is 5. The van der Waals surface area contributed by atoms with Crippen molar-refractivity contribution in [3.05, 3.63) is 78.4 Å². The van der Waals surface area contributed by atoms with Gasteiger partial charge in [0, 0.05) is 5.69 Å². The number of nitrogens with zero attached hydrogens (tertiary/aromatic N) is 1. The normalized spacial score (nSPS) is 11.1. The highest BCUT2D eigenvalue weighted by molar-refractivity contribution is 6.37. The molecule has 31 heavy (non-hydrogen) atoms. The minimum Gasteiger partial charge on any atom is -0.508 e. The molecular formula is C22H16F3NO5. The van der Waals surface area contributed by atoms with Gasteiger partial charge in [-0.3, -0.25) is 9.69 Å². The van der Waals surface area contributed by atoms with E-state index in [2.05, 4.69) is 4.74 Å². The molecule has 0 fully saturated rings. The molecule has 2 N–H and O–H groups in total. The van der Waals surface area contributed by atoms with E-state index in [1.165, 1.54) is 48.5 Å². The molecule has 0 aliphatic rings. The number of carboxylic acids is 1. The summed E-state index contributed by atoms with van der Waals surface area (Å²) in [6.07, 6.45) is -4.78. The molecule has 0 aliphatic heterocycles. The van der Waals surface area contributed by atoms with Gasteiger partial charge in [0.25, 0.3) is 0 Å². The lowest BCUT2D eigenvalue weighted by atomic mass is 10.0. The molecule has 0 unspecified atom stereocenters. The molecule has 0 saturated carbocycles. The number of hydrogen-bond donors (Lipinski definition) is 2. The molecule has 3 rings (SSSR count). The summed E-state index contributed by atoms with van der Waals surface area (Å²) >= 11 is 0. The second-order valence-corrected chi connectivity index (χ2v) is 6.48. The number of phenolic OH excluding ortho intramolecular Hbond substituents is 1. The van der Waals surface area contributed by atoms with E-state index in [4.69, 9.17) is 5.11 Å². The van der Waals surface area contributed by atoms with E-state index >= 15 is 0 Å². The number of carbonyl (C=O) groups is 2. The van der Waals surface area contributed by atoms with E-state index in [1.807, 2.05) is 0 Å². The Hall–Kier alpha value is -4.01. The number of anilines is 1. The summed E-state index contributed by atoms with van der Waals surface area (Å²) in [5.41, 5.74) is 2.18. The van der Waals surface area contributed by atoms with Crippen molar-refractivity contribution < 1.29 is 37.7 Å². The van der Waals surface area contributed by atoms with Crippen molar-refractivity contribution in [2.75, 3.05) is 4.90 Å². The maximum atomic E-state index is 12.3. The molecule has 6 nitrogen and oxygen atoms in total. The van der Waals surface area contributed by atoms with E-state index in [0.717, 1.165) is 4.90 Å². The highest BCUT2D eigenvalue weighted by Gasteiger charge is 2.31. The number of carbonyl (C=O) groups excluding carboxylic acids is 1. The standard InChI is InChI=1S/C22H16F3NO5/c23-22(24,25)31-19-11-5-16(6-12-19)15-3-7-17(8-4-15)26(20(28)21(29)30)13-14-1-9-18(27)10-2-14/h1-12,27H,13H2,(H,29,30). The van der Waals surface area contributed by atoms with Gasteiger partial charge in [-0.15, -0.1) is 13.2 Å². The number of amides is 1. The van der Waals surface area contributed by atoms with Crippen LogP contribution in [0.25, 0.3) is 11.1 Å². The first-order valence-electron chi connectivity index (χ1n) is 8.91. The van der Waals surface area contributed by atoms with Crippen LogP contribution in [-0.2, 0) is 16.1 Å². The van der Waals surface area contributed by atoms with Crippen molar-refractivity contribution in [3.63, 3.8) is 0 Å². The van der Waals surface area contributed by atoms with Gasteiger partial charge in [0.1, 0.15) is 11.5 Å². The monoisotopic (exact) mass is 431 g/mol. The van der Waals surface area contributed by atoms with Crippen LogP contribution in [0, 0.1) is 0 Å². The van der Waals surface area contributed by atoms with Gasteiger partial charge in [-0.05, 0) is 53.1 Å². The quantitative estimate of drug-likeness (QED) is 0.578. The summed E-state index contributed by atoms with van der Waals surface area (Å²) in [4.78, 5) is 24.5. The first-order chi connectivity index (χ1) is 14.6. The third-order valence-electron chi connectivity index (χ3n) is 4.31. The molecule has 0 bridgehead atoms. The van der Waals surface area contributed by atoms with Crippen LogP contribution in [0.4, 0.5) is 18.9 Å². The topological polar surface area (TPSA) is 87.1 Å². The number of benzene rings is 3. The van der Waals surface area contributed by atoms with Gasteiger partial charge in [0.2, 0.25) is 0 Å². The Morgan fingerprint density at radius 3 is 1.84 bits per heavy atom. The molecule has 0 spiro atoms. The van der Waals surface area contributed by atoms with Gasteiger partial charge in [0.05, 0.1) is 6.54 Å². The van der Waals surface area contributed by atoms with E-state index in [-0.39, 0.29) is 18.0 Å². The summed E-state index contributed by atoms with van der Waals surface area (Å²) in [6, 6.07) is 17.6. The third-order valence-corrected chi connectivity index (χ3v) is 4.31. The minimum absolute atomic E-state index is 0.0335. The first kappa shape index (κ1) is 21.7. The van der Waals surface area contributed by atoms with Gasteiger partial charge >= 0.3 is 18.2 Å². The maximum absolute atomic E-state index is 12.3. The minimum atomic E-state index is -4.78. The Labute approximate surface area is 174 Å². The average Bonchev–Trinajstić information content (AvgIpc) is 2.72. The number of phenols is 1. The van der Waals surface area contributed by atoms with Gasteiger partial charge < -0.3 is 14.9 Å². The van der Waals surface area contributed by atoms with Crippen LogP contribution in [-0.4, -0.2) is 28.5 Å². The van der Waals surface area contributed by atoms with Crippen LogP contribution in [0.1, 0.15) is 5.56 Å². The van der Waals surface area contributed by atoms with Gasteiger partial charge in [0.15, 0.2) is 0 Å². The highest BCUT2D eigenvalue weighted by atomic mass is 19.4. The predicted octanol–water partition coefficient (Wildman–Crippen LogP) is 4.58. The summed E-state index contributed by atoms with van der Waals surface area (Å²) in [5.74, 6) is -3.06. The van der Waals surface area contributed by atoms with Crippen molar-refractivity contribution >= 4 is 17.6 Å². The van der Waals surface area contributed by atoms with Crippen molar-refractivity contribution in [2.24, 2.45) is 0 Å². The Morgan fingerprint density at radius 2 is 1.35 bits per heavy atom. The van der Waals surface area contributed by atoms with Crippen LogP contribution in [0.3, 0.4) is 0 Å². The molecule has 0 heterocycles. The maximum Gasteiger partial charge on any atom is 0.573 e. The zero-order chi connectivity index (χ0) is 22.6. The molecule has 1 amide bonds. The molecule has 9 heteroatoms. The van der Waals surface area contributed by atoms with E-state index < -0.39 is 18.2 Å². The second-order valence-electron chi connectivity index (χ2n) is 6.48. The number of carboxylic acid groups (broad SMARTS) is 1. The van der Waals surface area contributed by atoms with Gasteiger partial charge in [-0.2, -0.15) is 0 Å². The third kappa shape index (κ3) is 5.75. The lowest BCUT2D eigenvalue weighted by molar-refractivity contribution is -0.274. The van der Waals surface area contributed by atoms with E-state index in [9.17, 15) is 27.9 Å². The lowest BCUT2D eigenvalue weighted by Gasteiger charge is -2.21. The second kappa shape index (κ2) is 8.78. The fourth-order valence-corrected chi connectivity index (χ4v) is 2.86. The van der Waals surface area contributed by atoms with Crippen LogP contribution in [0.2, 0.25) is 0 Å². The number of aliphatic carboxylic acids is 1. The van der Waals surface area contributed by atoms with Crippen LogP contribution in [0.5, 0.6) is 11.5 Å². The summed E-state index contributed by atoms with van der Waals surface area (Å²) in [5, 5.41) is 18.5. The van der Waals surface area contributed by atoms with Crippen molar-refractivity contribution in [1.29, 1.82) is 0 Å². The number of hydrogen-bond acceptors (Lipinski definition) is 4. The Balaban J connectivity index is 1.83. The number of aromatic hydroxyl groups is 1. The molecule has 0 aliphatic carbocycles. The van der Waals surface area contributed by atoms with Crippen molar-refractivity contribution in [3.8, 4) is 22.6 Å². The number of halogens is 3. The molecular weight excluding hydrogens is 415 g/mol. The smallest absolute Gasteiger partial charge is 0.508 e. The molecule has 0 atom stereocenters. The Bertz CT molecular complexity index is 1060. The molecule has 160 valence electrons. The largest absolute Gasteiger partial charge is 0.573 e. The Morgan fingerprint density at radius 1 is 0.839 bits per heavy atom. The van der Waals surface area contributed by atoms with E-state index in [1.54, 1.807) is 24.3 Å². The molecule has 3 aromatic rings. The SMILES string of the molecule is O=C(O)C(=O)N(Cc1ccc(O)cc1)c1ccc(-c2ccc(OC(F)(F)F)cc2)cc1. The molecule has 0 aromatic heterocycles.